The maximum absolute atomic E-state index is 11.6. The van der Waals surface area contributed by atoms with Crippen molar-refractivity contribution in [1.29, 1.82) is 0 Å². The Morgan fingerprint density at radius 2 is 2.13 bits per heavy atom. The average Bonchev–Trinajstić information content (AvgIpc) is 2.29. The minimum Gasteiger partial charge on any atom is -0.463 e. The van der Waals surface area contributed by atoms with Crippen molar-refractivity contribution in [2.75, 3.05) is 20.2 Å². The van der Waals surface area contributed by atoms with Gasteiger partial charge in [0.05, 0.1) is 0 Å². The van der Waals surface area contributed by atoms with Gasteiger partial charge in [0.1, 0.15) is 10.5 Å². The summed E-state index contributed by atoms with van der Waals surface area (Å²) in [6.07, 6.45) is 0. The number of alkyl halides is 1. The van der Waals surface area contributed by atoms with E-state index in [1.165, 1.54) is 0 Å². The molecule has 1 unspecified atom stereocenters. The molecule has 0 heterocycles. The van der Waals surface area contributed by atoms with Gasteiger partial charge in [0.25, 0.3) is 0 Å². The van der Waals surface area contributed by atoms with Crippen LogP contribution in [0.5, 0.6) is 0 Å². The highest BCUT2D eigenvalue weighted by Crippen LogP contribution is 2.24. The smallest absolute Gasteiger partial charge is 0.323 e. The number of rotatable bonds is 5. The lowest BCUT2D eigenvalue weighted by atomic mass is 10.2. The lowest BCUT2D eigenvalue weighted by molar-refractivity contribution is -0.142. The van der Waals surface area contributed by atoms with Gasteiger partial charge in [-0.2, -0.15) is 0 Å². The van der Waals surface area contributed by atoms with Gasteiger partial charge >= 0.3 is 5.97 Å². The normalized spacial score (nSPS) is 12.1. The fraction of sp³-hybridized carbons (Fsp3) is 0.364. The van der Waals surface area contributed by atoms with Crippen molar-refractivity contribution in [1.82, 2.24) is 5.32 Å². The number of carbonyl (C=O) groups is 1. The molecule has 1 atom stereocenters. The van der Waals surface area contributed by atoms with E-state index in [1.54, 1.807) is 0 Å². The summed E-state index contributed by atoms with van der Waals surface area (Å²) >= 11 is 2.09. The predicted molar refractivity (Wildman–Crippen MR) is 68.1 cm³/mol. The summed E-state index contributed by atoms with van der Waals surface area (Å²) in [6.45, 7) is 1.10. The average molecular weight is 319 g/mol. The number of ether oxygens (including phenoxy) is 1. The largest absolute Gasteiger partial charge is 0.463 e. The molecule has 1 rings (SSSR count). The maximum Gasteiger partial charge on any atom is 0.323 e. The van der Waals surface area contributed by atoms with Crippen LogP contribution in [-0.4, -0.2) is 26.2 Å². The van der Waals surface area contributed by atoms with Gasteiger partial charge in [-0.25, -0.2) is 0 Å². The molecule has 0 aliphatic heterocycles. The number of benzene rings is 1. The van der Waals surface area contributed by atoms with E-state index in [2.05, 4.69) is 27.9 Å². The van der Waals surface area contributed by atoms with Gasteiger partial charge in [-0.15, -0.1) is 0 Å². The van der Waals surface area contributed by atoms with Crippen molar-refractivity contribution in [2.24, 2.45) is 0 Å². The summed E-state index contributed by atoms with van der Waals surface area (Å²) in [6, 6.07) is 9.62. The standard InChI is InChI=1S/C11H14INO2/c1-13-7-8-15-11(14)10(12)9-5-3-2-4-6-9/h2-6,10,13H,7-8H2,1H3. The van der Waals surface area contributed by atoms with Crippen LogP contribution in [0, 0.1) is 0 Å². The van der Waals surface area contributed by atoms with Crippen LogP contribution in [0.4, 0.5) is 0 Å². The first-order valence-electron chi connectivity index (χ1n) is 4.76. The van der Waals surface area contributed by atoms with Crippen LogP contribution in [0.2, 0.25) is 0 Å². The van der Waals surface area contributed by atoms with Crippen LogP contribution in [0.3, 0.4) is 0 Å². The summed E-state index contributed by atoms with van der Waals surface area (Å²) in [5.41, 5.74) is 0.979. The maximum atomic E-state index is 11.6. The Bertz CT molecular complexity index is 303. The minimum atomic E-state index is -0.222. The van der Waals surface area contributed by atoms with E-state index in [-0.39, 0.29) is 9.89 Å². The Morgan fingerprint density at radius 1 is 1.47 bits per heavy atom. The van der Waals surface area contributed by atoms with Crippen molar-refractivity contribution in [2.45, 2.75) is 3.92 Å². The van der Waals surface area contributed by atoms with E-state index in [0.29, 0.717) is 13.2 Å². The van der Waals surface area contributed by atoms with E-state index >= 15 is 0 Å². The highest BCUT2D eigenvalue weighted by atomic mass is 127. The second kappa shape index (κ2) is 6.79. The molecule has 0 amide bonds. The molecular formula is C11H14INO2. The summed E-state index contributed by atoms with van der Waals surface area (Å²) in [4.78, 5) is 11.6. The topological polar surface area (TPSA) is 38.3 Å². The second-order valence-electron chi connectivity index (χ2n) is 3.04. The SMILES string of the molecule is CNCCOC(=O)C(I)c1ccccc1. The molecule has 1 aromatic carbocycles. The molecule has 0 saturated carbocycles. The van der Waals surface area contributed by atoms with Gasteiger partial charge in [-0.05, 0) is 12.6 Å². The van der Waals surface area contributed by atoms with Crippen molar-refractivity contribution in [3.8, 4) is 0 Å². The molecule has 0 bridgehead atoms. The molecular weight excluding hydrogens is 305 g/mol. The Kier molecular flexibility index (Phi) is 5.63. The molecule has 0 spiro atoms. The first-order valence-corrected chi connectivity index (χ1v) is 6.00. The second-order valence-corrected chi connectivity index (χ2v) is 4.29. The highest BCUT2D eigenvalue weighted by Gasteiger charge is 2.17. The number of esters is 1. The van der Waals surface area contributed by atoms with Crippen LogP contribution < -0.4 is 5.32 Å². The van der Waals surface area contributed by atoms with Crippen molar-refractivity contribution >= 4 is 28.6 Å². The summed E-state index contributed by atoms with van der Waals surface area (Å²) < 4.78 is 4.87. The summed E-state index contributed by atoms with van der Waals surface area (Å²) in [7, 11) is 1.83. The lowest BCUT2D eigenvalue weighted by Crippen LogP contribution is -2.19. The van der Waals surface area contributed by atoms with Gasteiger partial charge in [-0.3, -0.25) is 4.79 Å². The monoisotopic (exact) mass is 319 g/mol. The molecule has 0 radical (unpaired) electrons. The van der Waals surface area contributed by atoms with Gasteiger partial charge < -0.3 is 10.1 Å². The van der Waals surface area contributed by atoms with Gasteiger partial charge in [0, 0.05) is 6.54 Å². The zero-order valence-electron chi connectivity index (χ0n) is 8.57. The predicted octanol–water partition coefficient (Wildman–Crippen LogP) is 1.93. The van der Waals surface area contributed by atoms with Gasteiger partial charge in [0.2, 0.25) is 0 Å². The number of nitrogens with one attached hydrogen (secondary N) is 1. The Hall–Kier alpha value is -0.620. The zero-order chi connectivity index (χ0) is 11.1. The van der Waals surface area contributed by atoms with E-state index in [4.69, 9.17) is 4.74 Å². The van der Waals surface area contributed by atoms with Crippen molar-refractivity contribution in [3.63, 3.8) is 0 Å². The van der Waals surface area contributed by atoms with Crippen LogP contribution >= 0.6 is 22.6 Å². The first-order chi connectivity index (χ1) is 7.25. The quantitative estimate of drug-likeness (QED) is 0.390. The van der Waals surface area contributed by atoms with Gasteiger partial charge in [0.15, 0.2) is 0 Å². The van der Waals surface area contributed by atoms with Crippen molar-refractivity contribution in [3.05, 3.63) is 35.9 Å². The molecule has 0 saturated heterocycles. The fourth-order valence-electron chi connectivity index (χ4n) is 1.08. The molecule has 0 aliphatic rings. The first kappa shape index (κ1) is 12.4. The van der Waals surface area contributed by atoms with E-state index < -0.39 is 0 Å². The van der Waals surface area contributed by atoms with E-state index in [9.17, 15) is 4.79 Å². The van der Waals surface area contributed by atoms with Crippen LogP contribution in [-0.2, 0) is 9.53 Å². The van der Waals surface area contributed by atoms with E-state index in [0.717, 1.165) is 5.56 Å². The number of hydrogen-bond donors (Lipinski definition) is 1. The Balaban J connectivity index is 2.46. The van der Waals surface area contributed by atoms with Crippen LogP contribution in [0.1, 0.15) is 9.49 Å². The Labute approximate surface area is 103 Å². The third-order valence-electron chi connectivity index (χ3n) is 1.90. The van der Waals surface area contributed by atoms with Crippen molar-refractivity contribution < 1.29 is 9.53 Å². The third kappa shape index (κ3) is 4.17. The molecule has 1 aromatic rings. The molecule has 0 aliphatic carbocycles. The van der Waals surface area contributed by atoms with Crippen LogP contribution in [0.15, 0.2) is 30.3 Å². The fourth-order valence-corrected chi connectivity index (χ4v) is 1.68. The molecule has 0 aromatic heterocycles. The Morgan fingerprint density at radius 3 is 2.73 bits per heavy atom. The van der Waals surface area contributed by atoms with E-state index in [1.807, 2.05) is 37.4 Å². The highest BCUT2D eigenvalue weighted by molar-refractivity contribution is 14.1. The molecule has 15 heavy (non-hydrogen) atoms. The molecule has 0 fully saturated rings. The molecule has 4 heteroatoms. The van der Waals surface area contributed by atoms with Gasteiger partial charge in [-0.1, -0.05) is 52.9 Å². The molecule has 3 nitrogen and oxygen atoms in total. The molecule has 82 valence electrons. The number of hydrogen-bond acceptors (Lipinski definition) is 3. The number of halogens is 1. The summed E-state index contributed by atoms with van der Waals surface area (Å²) in [5, 5.41) is 2.92. The van der Waals surface area contributed by atoms with Crippen LogP contribution in [0.25, 0.3) is 0 Å². The number of likely N-dealkylation sites (N-methyl/N-ethyl adjacent to an activating group) is 1. The lowest BCUT2D eigenvalue weighted by Gasteiger charge is -2.09. The zero-order valence-corrected chi connectivity index (χ0v) is 10.7. The third-order valence-corrected chi connectivity index (χ3v) is 3.12. The minimum absolute atomic E-state index is 0.183. The number of carbonyl (C=O) groups excluding carboxylic acids is 1. The molecule has 1 N–H and O–H groups in total. The summed E-state index contributed by atoms with van der Waals surface area (Å²) in [5.74, 6) is -0.183.